The Morgan fingerprint density at radius 1 is 0.800 bits per heavy atom. The number of hydrogen-bond acceptors (Lipinski definition) is 12. The molecule has 0 atom stereocenters. The molecule has 2 aromatic rings. The smallest absolute Gasteiger partial charge is 0.397 e. The Balaban J connectivity index is 2.55. The first-order valence-corrected chi connectivity index (χ1v) is 14.8. The summed E-state index contributed by atoms with van der Waals surface area (Å²) in [6.07, 6.45) is 0. The highest BCUT2D eigenvalue weighted by atomic mass is 32.3. The molecule has 0 spiro atoms. The van der Waals surface area contributed by atoms with Crippen molar-refractivity contribution in [2.45, 2.75) is 21.6 Å². The van der Waals surface area contributed by atoms with Crippen LogP contribution in [0.2, 0.25) is 0 Å². The first-order valence-electron chi connectivity index (χ1n) is 8.89. The van der Waals surface area contributed by atoms with Gasteiger partial charge in [0.05, 0.1) is 29.3 Å². The molecule has 2 rings (SSSR count). The Morgan fingerprint density at radius 2 is 1.37 bits per heavy atom. The number of nitrogens with zero attached hydrogens (tertiary/aromatic N) is 2. The molecule has 0 aromatic heterocycles. The predicted octanol–water partition coefficient (Wildman–Crippen LogP) is 1.51. The van der Waals surface area contributed by atoms with E-state index in [-0.39, 0.29) is 17.0 Å². The van der Waals surface area contributed by atoms with E-state index in [0.29, 0.717) is 6.07 Å². The third kappa shape index (κ3) is 7.73. The molecule has 0 amide bonds. The van der Waals surface area contributed by atoms with Gasteiger partial charge in [-0.25, -0.2) is 12.6 Å². The Bertz CT molecular complexity index is 1590. The quantitative estimate of drug-likeness (QED) is 0.269. The Hall–Kier alpha value is -2.52. The van der Waals surface area contributed by atoms with Gasteiger partial charge in [0, 0.05) is 0 Å². The molecule has 15 nitrogen and oxygen atoms in total. The van der Waals surface area contributed by atoms with Gasteiger partial charge in [-0.1, -0.05) is 0 Å². The number of sulfone groups is 1. The predicted molar refractivity (Wildman–Crippen MR) is 118 cm³/mol. The van der Waals surface area contributed by atoms with Crippen LogP contribution < -0.4 is 4.74 Å². The first kappa shape index (κ1) is 28.7. The zero-order chi connectivity index (χ0) is 26.8. The number of aryl methyl sites for hydroxylation is 1. The summed E-state index contributed by atoms with van der Waals surface area (Å²) < 4.78 is 129. The van der Waals surface area contributed by atoms with Gasteiger partial charge in [0.15, 0.2) is 9.84 Å². The fourth-order valence-electron chi connectivity index (χ4n) is 2.62. The molecule has 0 saturated carbocycles. The minimum absolute atomic E-state index is 0.00918. The molecule has 0 aliphatic heterocycles. The van der Waals surface area contributed by atoms with E-state index in [9.17, 15) is 42.8 Å². The van der Waals surface area contributed by atoms with Gasteiger partial charge in [-0.15, -0.1) is 10.2 Å². The van der Waals surface area contributed by atoms with Crippen LogP contribution >= 0.6 is 0 Å². The molecule has 0 radical (unpaired) electrons. The summed E-state index contributed by atoms with van der Waals surface area (Å²) >= 11 is 0. The van der Waals surface area contributed by atoms with E-state index in [0.717, 1.165) is 18.2 Å². The SMILES string of the molecule is COc1cc(C)c(S(=O)(=O)O)cc1N=Nc1ccc(S(=O)(=O)CCOS(=O)(=O)O)cc1S(=O)(=O)O. The maximum Gasteiger partial charge on any atom is 0.397 e. The molecule has 0 aliphatic carbocycles. The van der Waals surface area contributed by atoms with Gasteiger partial charge >= 0.3 is 10.4 Å². The molecule has 0 unspecified atom stereocenters. The average Bonchev–Trinajstić information content (AvgIpc) is 2.69. The molecule has 0 fully saturated rings. The fraction of sp³-hybridized carbons (Fsp3) is 0.250. The van der Waals surface area contributed by atoms with Gasteiger partial charge < -0.3 is 4.74 Å². The summed E-state index contributed by atoms with van der Waals surface area (Å²) in [6.45, 7) is 0.385. The zero-order valence-corrected chi connectivity index (χ0v) is 21.0. The van der Waals surface area contributed by atoms with E-state index in [1.54, 1.807) is 0 Å². The molecular formula is C16H18N2O13S4. The number of hydrogen-bond donors (Lipinski definition) is 3. The highest BCUT2D eigenvalue weighted by Gasteiger charge is 2.23. The van der Waals surface area contributed by atoms with E-state index >= 15 is 0 Å². The second-order valence-electron chi connectivity index (χ2n) is 6.64. The van der Waals surface area contributed by atoms with Gasteiger partial charge in [-0.05, 0) is 42.8 Å². The third-order valence-electron chi connectivity index (χ3n) is 4.17. The van der Waals surface area contributed by atoms with Gasteiger partial charge in [-0.2, -0.15) is 25.3 Å². The fourth-order valence-corrected chi connectivity index (χ4v) is 5.58. The lowest BCUT2D eigenvalue weighted by Gasteiger charge is -2.09. The zero-order valence-electron chi connectivity index (χ0n) is 17.8. The minimum Gasteiger partial charge on any atom is -0.494 e. The second kappa shape index (κ2) is 10.2. The lowest BCUT2D eigenvalue weighted by atomic mass is 10.2. The van der Waals surface area contributed by atoms with Crippen LogP contribution in [-0.4, -0.2) is 66.8 Å². The highest BCUT2D eigenvalue weighted by Crippen LogP contribution is 2.35. The van der Waals surface area contributed by atoms with Gasteiger partial charge in [0.1, 0.15) is 22.0 Å². The Kier molecular flexibility index (Phi) is 8.39. The second-order valence-corrected chi connectivity index (χ2v) is 12.6. The van der Waals surface area contributed by atoms with E-state index < -0.39 is 73.2 Å². The first-order chi connectivity index (χ1) is 15.8. The van der Waals surface area contributed by atoms with Crippen LogP contribution in [0, 0.1) is 6.92 Å². The molecule has 0 aliphatic rings. The largest absolute Gasteiger partial charge is 0.494 e. The molecule has 194 valence electrons. The van der Waals surface area contributed by atoms with E-state index in [1.807, 2.05) is 0 Å². The molecule has 35 heavy (non-hydrogen) atoms. The third-order valence-corrected chi connectivity index (χ3v) is 8.19. The standard InChI is InChI=1S/C16H18N2O13S4/c1-10-7-14(30-2)13(9-15(10)33(21,22)23)18-17-12-4-3-11(8-16(12)34(24,25)26)32(19,20)6-5-31-35(27,28)29/h3-4,7-9H,5-6H2,1-2H3,(H,21,22,23)(H,24,25,26)(H,27,28,29). The van der Waals surface area contributed by atoms with Gasteiger partial charge in [0.25, 0.3) is 20.2 Å². The number of azo groups is 1. The highest BCUT2D eigenvalue weighted by molar-refractivity contribution is 7.91. The van der Waals surface area contributed by atoms with Crippen molar-refractivity contribution >= 4 is 51.8 Å². The maximum atomic E-state index is 12.4. The number of benzene rings is 2. The van der Waals surface area contributed by atoms with E-state index in [1.165, 1.54) is 20.1 Å². The molecule has 2 aromatic carbocycles. The summed E-state index contributed by atoms with van der Waals surface area (Å²) in [7, 11) is -17.8. The van der Waals surface area contributed by atoms with Crippen molar-refractivity contribution in [3.8, 4) is 5.75 Å². The van der Waals surface area contributed by atoms with Crippen molar-refractivity contribution in [2.75, 3.05) is 19.5 Å². The maximum absolute atomic E-state index is 12.4. The Labute approximate surface area is 200 Å². The van der Waals surface area contributed by atoms with Crippen molar-refractivity contribution < 1.29 is 56.2 Å². The molecular weight excluding hydrogens is 556 g/mol. The molecule has 19 heteroatoms. The van der Waals surface area contributed by atoms with Gasteiger partial charge in [0.2, 0.25) is 0 Å². The summed E-state index contributed by atoms with van der Waals surface area (Å²) in [6, 6.07) is 4.37. The monoisotopic (exact) mass is 574 g/mol. The van der Waals surface area contributed by atoms with Crippen molar-refractivity contribution in [2.24, 2.45) is 10.2 Å². The van der Waals surface area contributed by atoms with Crippen LogP contribution in [0.15, 0.2) is 55.2 Å². The Morgan fingerprint density at radius 3 is 1.89 bits per heavy atom. The average molecular weight is 575 g/mol. The van der Waals surface area contributed by atoms with Crippen LogP contribution in [0.3, 0.4) is 0 Å². The van der Waals surface area contributed by atoms with Crippen molar-refractivity contribution in [3.05, 3.63) is 35.9 Å². The molecule has 0 heterocycles. The molecule has 0 bridgehead atoms. The van der Waals surface area contributed by atoms with Crippen molar-refractivity contribution in [1.82, 2.24) is 0 Å². The topological polar surface area (TPSA) is 240 Å². The van der Waals surface area contributed by atoms with Crippen LogP contribution in [0.4, 0.5) is 11.4 Å². The number of ether oxygens (including phenoxy) is 1. The lowest BCUT2D eigenvalue weighted by molar-refractivity contribution is 0.284. The molecule has 0 saturated heterocycles. The summed E-state index contributed by atoms with van der Waals surface area (Å²) in [4.78, 5) is -2.19. The number of methoxy groups -OCH3 is 1. The number of rotatable bonds is 10. The van der Waals surface area contributed by atoms with E-state index in [2.05, 4.69) is 14.4 Å². The van der Waals surface area contributed by atoms with Crippen molar-refractivity contribution in [3.63, 3.8) is 0 Å². The van der Waals surface area contributed by atoms with Crippen LogP contribution in [0.5, 0.6) is 5.75 Å². The molecule has 3 N–H and O–H groups in total. The summed E-state index contributed by atoms with van der Waals surface area (Å²) in [5.74, 6) is -0.984. The summed E-state index contributed by atoms with van der Waals surface area (Å²) in [5, 5.41) is 7.31. The van der Waals surface area contributed by atoms with Crippen LogP contribution in [0.1, 0.15) is 5.56 Å². The van der Waals surface area contributed by atoms with E-state index in [4.69, 9.17) is 9.29 Å². The van der Waals surface area contributed by atoms with Gasteiger partial charge in [-0.3, -0.25) is 13.7 Å². The van der Waals surface area contributed by atoms with Crippen molar-refractivity contribution in [1.29, 1.82) is 0 Å². The summed E-state index contributed by atoms with van der Waals surface area (Å²) in [5.41, 5.74) is -0.711. The minimum atomic E-state index is -5.07. The normalized spacial score (nSPS) is 13.3. The van der Waals surface area contributed by atoms with Crippen LogP contribution in [0.25, 0.3) is 0 Å². The van der Waals surface area contributed by atoms with Crippen LogP contribution in [-0.2, 0) is 44.7 Å². The lowest BCUT2D eigenvalue weighted by Crippen LogP contribution is -2.16.